The van der Waals surface area contributed by atoms with Crippen molar-refractivity contribution in [1.82, 2.24) is 10.3 Å². The Labute approximate surface area is 108 Å². The molecule has 0 spiro atoms. The summed E-state index contributed by atoms with van der Waals surface area (Å²) >= 11 is 0. The van der Waals surface area contributed by atoms with Gasteiger partial charge in [-0.3, -0.25) is 9.78 Å². The molecule has 1 aromatic carbocycles. The maximum absolute atomic E-state index is 11.1. The van der Waals surface area contributed by atoms with Gasteiger partial charge in [-0.25, -0.2) is 4.79 Å². The molecule has 3 atom stereocenters. The summed E-state index contributed by atoms with van der Waals surface area (Å²) in [7, 11) is 1.80. The van der Waals surface area contributed by atoms with Gasteiger partial charge in [-0.2, -0.15) is 0 Å². The van der Waals surface area contributed by atoms with Gasteiger partial charge in [-0.05, 0) is 37.1 Å². The van der Waals surface area contributed by atoms with Crippen LogP contribution in [0.2, 0.25) is 0 Å². The molecule has 6 nitrogen and oxygen atoms in total. The molecule has 3 N–H and O–H groups in total. The number of aromatic amines is 1. The zero-order valence-electron chi connectivity index (χ0n) is 10.3. The number of carbonyl (C=O) groups is 1. The lowest BCUT2D eigenvalue weighted by atomic mass is 10.0. The first-order valence-electron chi connectivity index (χ1n) is 6.13. The zero-order valence-corrected chi connectivity index (χ0v) is 10.3. The summed E-state index contributed by atoms with van der Waals surface area (Å²) in [6.45, 7) is 0. The van der Waals surface area contributed by atoms with Gasteiger partial charge in [0.15, 0.2) is 5.58 Å². The van der Waals surface area contributed by atoms with E-state index in [0.717, 1.165) is 5.56 Å². The summed E-state index contributed by atoms with van der Waals surface area (Å²) < 4.78 is 5.02. The molecule has 0 aliphatic heterocycles. The van der Waals surface area contributed by atoms with Crippen LogP contribution in [0.3, 0.4) is 0 Å². The van der Waals surface area contributed by atoms with Crippen molar-refractivity contribution in [3.05, 3.63) is 34.3 Å². The Morgan fingerprint density at radius 1 is 1.58 bits per heavy atom. The van der Waals surface area contributed by atoms with Crippen molar-refractivity contribution in [1.29, 1.82) is 0 Å². The average Bonchev–Trinajstić information content (AvgIpc) is 3.05. The van der Waals surface area contributed by atoms with Crippen molar-refractivity contribution in [3.8, 4) is 0 Å². The number of hydrogen-bond donors (Lipinski definition) is 3. The normalized spacial score (nSPS) is 23.4. The summed E-state index contributed by atoms with van der Waals surface area (Å²) in [4.78, 5) is 24.6. The third kappa shape index (κ3) is 2.04. The van der Waals surface area contributed by atoms with Crippen LogP contribution in [-0.2, 0) is 4.79 Å². The lowest BCUT2D eigenvalue weighted by Crippen LogP contribution is -2.20. The Hall–Kier alpha value is -2.08. The summed E-state index contributed by atoms with van der Waals surface area (Å²) in [6.07, 6.45) is 0.677. The van der Waals surface area contributed by atoms with E-state index in [9.17, 15) is 9.59 Å². The van der Waals surface area contributed by atoms with Crippen LogP contribution in [-0.4, -0.2) is 23.1 Å². The van der Waals surface area contributed by atoms with Crippen molar-refractivity contribution in [2.75, 3.05) is 7.05 Å². The molecule has 0 bridgehead atoms. The number of hydrogen-bond acceptors (Lipinski definition) is 4. The van der Waals surface area contributed by atoms with E-state index in [0.29, 0.717) is 17.5 Å². The monoisotopic (exact) mass is 262 g/mol. The second-order valence-electron chi connectivity index (χ2n) is 4.88. The quantitative estimate of drug-likeness (QED) is 0.767. The number of aromatic nitrogens is 1. The van der Waals surface area contributed by atoms with E-state index >= 15 is 0 Å². The number of oxazole rings is 1. The topological polar surface area (TPSA) is 95.3 Å². The van der Waals surface area contributed by atoms with Crippen molar-refractivity contribution < 1.29 is 14.3 Å². The predicted molar refractivity (Wildman–Crippen MR) is 67.9 cm³/mol. The molecular weight excluding hydrogens is 248 g/mol. The molecule has 1 heterocycles. The van der Waals surface area contributed by atoms with Crippen LogP contribution in [0.4, 0.5) is 0 Å². The lowest BCUT2D eigenvalue weighted by Gasteiger charge is -2.16. The van der Waals surface area contributed by atoms with Crippen LogP contribution in [0.1, 0.15) is 18.0 Å². The highest BCUT2D eigenvalue weighted by Gasteiger charge is 2.48. The number of rotatable bonds is 4. The second kappa shape index (κ2) is 4.24. The number of carboxylic acids is 1. The minimum Gasteiger partial charge on any atom is -0.481 e. The molecule has 1 aromatic heterocycles. The first-order chi connectivity index (χ1) is 9.10. The first kappa shape index (κ1) is 12.0. The fourth-order valence-electron chi connectivity index (χ4n) is 2.65. The van der Waals surface area contributed by atoms with Crippen LogP contribution in [0.5, 0.6) is 0 Å². The average molecular weight is 262 g/mol. The molecule has 19 heavy (non-hydrogen) atoms. The number of benzene rings is 1. The van der Waals surface area contributed by atoms with E-state index in [1.165, 1.54) is 0 Å². The summed E-state index contributed by atoms with van der Waals surface area (Å²) in [5.74, 6) is -1.43. The molecule has 0 amide bonds. The largest absolute Gasteiger partial charge is 0.481 e. The molecule has 1 aliphatic rings. The second-order valence-corrected chi connectivity index (χ2v) is 4.88. The van der Waals surface area contributed by atoms with Crippen molar-refractivity contribution in [3.63, 3.8) is 0 Å². The number of carboxylic acid groups (broad SMARTS) is 1. The van der Waals surface area contributed by atoms with Crippen LogP contribution in [0.25, 0.3) is 11.1 Å². The molecule has 3 unspecified atom stereocenters. The van der Waals surface area contributed by atoms with Crippen molar-refractivity contribution >= 4 is 17.1 Å². The van der Waals surface area contributed by atoms with E-state index in [-0.39, 0.29) is 17.9 Å². The SMILES string of the molecule is CNC(c1ccc2[nH]c(=O)oc2c1)C1CC1C(=O)O. The summed E-state index contributed by atoms with van der Waals surface area (Å²) in [6, 6.07) is 5.40. The first-order valence-corrected chi connectivity index (χ1v) is 6.13. The minimum absolute atomic E-state index is 0.0364. The van der Waals surface area contributed by atoms with Crippen LogP contribution < -0.4 is 11.1 Å². The van der Waals surface area contributed by atoms with Gasteiger partial charge in [-0.15, -0.1) is 0 Å². The van der Waals surface area contributed by atoms with Crippen LogP contribution in [0.15, 0.2) is 27.4 Å². The summed E-state index contributed by atoms with van der Waals surface area (Å²) in [5, 5.41) is 12.1. The van der Waals surface area contributed by atoms with Gasteiger partial charge in [0.25, 0.3) is 0 Å². The van der Waals surface area contributed by atoms with Crippen LogP contribution in [0, 0.1) is 11.8 Å². The molecule has 1 fully saturated rings. The Bertz CT molecular complexity index is 687. The van der Waals surface area contributed by atoms with Gasteiger partial charge < -0.3 is 14.8 Å². The lowest BCUT2D eigenvalue weighted by molar-refractivity contribution is -0.138. The van der Waals surface area contributed by atoms with Gasteiger partial charge in [0.1, 0.15) is 0 Å². The third-order valence-corrected chi connectivity index (χ3v) is 3.70. The molecule has 0 saturated heterocycles. The van der Waals surface area contributed by atoms with Gasteiger partial charge in [-0.1, -0.05) is 6.07 Å². The van der Waals surface area contributed by atoms with E-state index in [1.807, 2.05) is 6.07 Å². The van der Waals surface area contributed by atoms with Crippen LogP contribution >= 0.6 is 0 Å². The smallest absolute Gasteiger partial charge is 0.417 e. The van der Waals surface area contributed by atoms with E-state index < -0.39 is 11.7 Å². The molecular formula is C13H14N2O4. The van der Waals surface area contributed by atoms with Gasteiger partial charge in [0.05, 0.1) is 11.4 Å². The van der Waals surface area contributed by atoms with E-state index in [2.05, 4.69) is 10.3 Å². The fraction of sp³-hybridized carbons (Fsp3) is 0.385. The summed E-state index contributed by atoms with van der Waals surface area (Å²) in [5.41, 5.74) is 2.08. The Morgan fingerprint density at radius 3 is 3.00 bits per heavy atom. The maximum atomic E-state index is 11.1. The molecule has 100 valence electrons. The van der Waals surface area contributed by atoms with Crippen molar-refractivity contribution in [2.24, 2.45) is 11.8 Å². The van der Waals surface area contributed by atoms with Gasteiger partial charge in [0.2, 0.25) is 0 Å². The fourth-order valence-corrected chi connectivity index (χ4v) is 2.65. The number of aliphatic carboxylic acids is 1. The standard InChI is InChI=1S/C13H14N2O4/c1-14-11(7-5-8(7)12(16)17)6-2-3-9-10(4-6)19-13(18)15-9/h2-4,7-8,11,14H,5H2,1H3,(H,15,18)(H,16,17). The maximum Gasteiger partial charge on any atom is 0.417 e. The van der Waals surface area contributed by atoms with Gasteiger partial charge in [0, 0.05) is 6.04 Å². The highest BCUT2D eigenvalue weighted by atomic mass is 16.4. The minimum atomic E-state index is -0.750. The molecule has 2 aromatic rings. The highest BCUT2D eigenvalue weighted by molar-refractivity contribution is 5.75. The molecule has 1 aliphatic carbocycles. The Balaban J connectivity index is 1.93. The molecule has 6 heteroatoms. The zero-order chi connectivity index (χ0) is 13.6. The number of fused-ring (bicyclic) bond motifs is 1. The highest BCUT2D eigenvalue weighted by Crippen LogP contribution is 2.47. The number of nitrogens with one attached hydrogen (secondary N) is 2. The predicted octanol–water partition coefficient (Wildman–Crippen LogP) is 1.10. The Kier molecular flexibility index (Phi) is 2.67. The third-order valence-electron chi connectivity index (χ3n) is 3.70. The molecule has 3 rings (SSSR count). The number of H-pyrrole nitrogens is 1. The van der Waals surface area contributed by atoms with Gasteiger partial charge >= 0.3 is 11.7 Å². The van der Waals surface area contributed by atoms with E-state index in [4.69, 9.17) is 9.52 Å². The van der Waals surface area contributed by atoms with Crippen molar-refractivity contribution in [2.45, 2.75) is 12.5 Å². The van der Waals surface area contributed by atoms with E-state index in [1.54, 1.807) is 19.2 Å². The Morgan fingerprint density at radius 2 is 2.37 bits per heavy atom. The molecule has 0 radical (unpaired) electrons. The molecule has 1 saturated carbocycles.